The molecule has 0 aliphatic heterocycles. The summed E-state index contributed by atoms with van der Waals surface area (Å²) in [6.45, 7) is 4.26. The van der Waals surface area contributed by atoms with E-state index in [1.807, 2.05) is 25.1 Å². The Hall–Kier alpha value is -1.20. The Balaban J connectivity index is 2.37. The summed E-state index contributed by atoms with van der Waals surface area (Å²) in [6.07, 6.45) is 0.870. The van der Waals surface area contributed by atoms with Gasteiger partial charge in [-0.3, -0.25) is 9.59 Å². The molecule has 6 heteroatoms. The predicted octanol–water partition coefficient (Wildman–Crippen LogP) is 2.46. The number of nitrogens with one attached hydrogen (secondary N) is 2. The molecule has 0 aliphatic carbocycles. The van der Waals surface area contributed by atoms with E-state index < -0.39 is 6.04 Å². The summed E-state index contributed by atoms with van der Waals surface area (Å²) in [5.74, 6) is -0.119. The van der Waals surface area contributed by atoms with Crippen molar-refractivity contribution in [3.8, 4) is 0 Å². The first-order valence-electron chi connectivity index (χ1n) is 6.49. The molecule has 4 nitrogen and oxygen atoms in total. The smallest absolute Gasteiger partial charge is 0.242 e. The number of thioether (sulfide) groups is 1. The van der Waals surface area contributed by atoms with Crippen molar-refractivity contribution in [1.29, 1.82) is 0 Å². The summed E-state index contributed by atoms with van der Waals surface area (Å²) in [7, 11) is 0. The fraction of sp³-hybridized carbons (Fsp3) is 0.429. The molecule has 0 heterocycles. The van der Waals surface area contributed by atoms with E-state index in [0.29, 0.717) is 11.6 Å². The first kappa shape index (κ1) is 16.9. The number of hydrogen-bond donors (Lipinski definition) is 2. The minimum Gasteiger partial charge on any atom is -0.354 e. The molecule has 0 aliphatic rings. The predicted molar refractivity (Wildman–Crippen MR) is 83.1 cm³/mol. The Morgan fingerprint density at radius 2 is 2.05 bits per heavy atom. The zero-order chi connectivity index (χ0) is 15.0. The molecule has 20 heavy (non-hydrogen) atoms. The molecule has 0 unspecified atom stereocenters. The highest BCUT2D eigenvalue weighted by Crippen LogP contribution is 2.26. The second-order valence-electron chi connectivity index (χ2n) is 4.30. The van der Waals surface area contributed by atoms with Gasteiger partial charge in [0.25, 0.3) is 0 Å². The molecule has 1 aromatic carbocycles. The van der Waals surface area contributed by atoms with Crippen LogP contribution in [0.15, 0.2) is 29.2 Å². The normalized spacial score (nSPS) is 11.8. The molecule has 0 spiro atoms. The van der Waals surface area contributed by atoms with Crippen LogP contribution in [0.4, 0.5) is 0 Å². The number of rotatable bonds is 7. The van der Waals surface area contributed by atoms with Crippen LogP contribution >= 0.6 is 23.4 Å². The number of benzene rings is 1. The highest BCUT2D eigenvalue weighted by molar-refractivity contribution is 8.00. The SMILES string of the molecule is CCCNC(=O)[C@H](C)NC(=O)CSc1ccccc1Cl. The van der Waals surface area contributed by atoms with Crippen LogP contribution in [0.1, 0.15) is 20.3 Å². The average Bonchev–Trinajstić information content (AvgIpc) is 2.43. The first-order valence-corrected chi connectivity index (χ1v) is 7.85. The zero-order valence-electron chi connectivity index (χ0n) is 11.6. The summed E-state index contributed by atoms with van der Waals surface area (Å²) < 4.78 is 0. The van der Waals surface area contributed by atoms with Gasteiger partial charge in [0.2, 0.25) is 11.8 Å². The van der Waals surface area contributed by atoms with Gasteiger partial charge in [-0.15, -0.1) is 11.8 Å². The molecule has 2 N–H and O–H groups in total. The highest BCUT2D eigenvalue weighted by Gasteiger charge is 2.15. The van der Waals surface area contributed by atoms with Gasteiger partial charge in [0, 0.05) is 11.4 Å². The number of carbonyl (C=O) groups is 2. The van der Waals surface area contributed by atoms with E-state index in [2.05, 4.69) is 10.6 Å². The molecular formula is C14H19ClN2O2S. The largest absolute Gasteiger partial charge is 0.354 e. The van der Waals surface area contributed by atoms with Gasteiger partial charge in [0.1, 0.15) is 6.04 Å². The minimum atomic E-state index is -0.527. The van der Waals surface area contributed by atoms with Crippen LogP contribution in [0.2, 0.25) is 5.02 Å². The maximum atomic E-state index is 11.8. The van der Waals surface area contributed by atoms with Gasteiger partial charge in [0.05, 0.1) is 10.8 Å². The Kier molecular flexibility index (Phi) is 7.47. The van der Waals surface area contributed by atoms with Crippen LogP contribution in [0.25, 0.3) is 0 Å². The summed E-state index contributed by atoms with van der Waals surface area (Å²) in [5, 5.41) is 6.03. The van der Waals surface area contributed by atoms with E-state index >= 15 is 0 Å². The molecule has 110 valence electrons. The zero-order valence-corrected chi connectivity index (χ0v) is 13.2. The van der Waals surface area contributed by atoms with Crippen molar-refractivity contribution in [2.45, 2.75) is 31.2 Å². The quantitative estimate of drug-likeness (QED) is 0.760. The Bertz CT molecular complexity index is 468. The van der Waals surface area contributed by atoms with Crippen molar-refractivity contribution in [2.24, 2.45) is 0 Å². The van der Waals surface area contributed by atoms with Crippen molar-refractivity contribution in [1.82, 2.24) is 10.6 Å². The molecule has 0 saturated carbocycles. The molecule has 1 aromatic rings. The third-order valence-electron chi connectivity index (χ3n) is 2.52. The number of carbonyl (C=O) groups excluding carboxylic acids is 2. The average molecular weight is 315 g/mol. The molecule has 1 rings (SSSR count). The van der Waals surface area contributed by atoms with E-state index in [0.717, 1.165) is 11.3 Å². The second-order valence-corrected chi connectivity index (χ2v) is 5.72. The fourth-order valence-corrected chi connectivity index (χ4v) is 2.51. The van der Waals surface area contributed by atoms with Crippen LogP contribution in [-0.4, -0.2) is 30.2 Å². The van der Waals surface area contributed by atoms with E-state index in [1.54, 1.807) is 13.0 Å². The molecule has 1 atom stereocenters. The van der Waals surface area contributed by atoms with Crippen molar-refractivity contribution >= 4 is 35.2 Å². The second kappa shape index (κ2) is 8.87. The van der Waals surface area contributed by atoms with Crippen molar-refractivity contribution in [3.63, 3.8) is 0 Å². The number of halogens is 1. The van der Waals surface area contributed by atoms with Crippen LogP contribution in [0, 0.1) is 0 Å². The van der Waals surface area contributed by atoms with Crippen LogP contribution < -0.4 is 10.6 Å². The van der Waals surface area contributed by atoms with E-state index in [1.165, 1.54) is 11.8 Å². The summed E-state index contributed by atoms with van der Waals surface area (Å²) in [4.78, 5) is 24.2. The highest BCUT2D eigenvalue weighted by atomic mass is 35.5. The summed E-state index contributed by atoms with van der Waals surface area (Å²) >= 11 is 7.36. The van der Waals surface area contributed by atoms with Gasteiger partial charge in [-0.25, -0.2) is 0 Å². The van der Waals surface area contributed by atoms with Gasteiger partial charge in [0.15, 0.2) is 0 Å². The maximum Gasteiger partial charge on any atom is 0.242 e. The van der Waals surface area contributed by atoms with Crippen LogP contribution in [0.3, 0.4) is 0 Å². The van der Waals surface area contributed by atoms with Gasteiger partial charge in [-0.2, -0.15) is 0 Å². The van der Waals surface area contributed by atoms with E-state index in [4.69, 9.17) is 11.6 Å². The lowest BCUT2D eigenvalue weighted by Crippen LogP contribution is -2.45. The third kappa shape index (κ3) is 5.84. The topological polar surface area (TPSA) is 58.2 Å². The molecule has 0 aromatic heterocycles. The maximum absolute atomic E-state index is 11.8. The standard InChI is InChI=1S/C14H19ClN2O2S/c1-3-8-16-14(19)10(2)17-13(18)9-20-12-7-5-4-6-11(12)15/h4-7,10H,3,8-9H2,1-2H3,(H,16,19)(H,17,18)/t10-/m0/s1. The first-order chi connectivity index (χ1) is 9.54. The van der Waals surface area contributed by atoms with Crippen molar-refractivity contribution < 1.29 is 9.59 Å². The Labute approximate surface area is 128 Å². The fourth-order valence-electron chi connectivity index (χ4n) is 1.46. The molecule has 0 fully saturated rings. The number of amides is 2. The molecule has 0 bridgehead atoms. The lowest BCUT2D eigenvalue weighted by atomic mass is 10.3. The lowest BCUT2D eigenvalue weighted by molar-refractivity contribution is -0.127. The molecular weight excluding hydrogens is 296 g/mol. The van der Waals surface area contributed by atoms with Gasteiger partial charge in [-0.05, 0) is 25.5 Å². The Morgan fingerprint density at radius 3 is 2.70 bits per heavy atom. The van der Waals surface area contributed by atoms with Gasteiger partial charge >= 0.3 is 0 Å². The van der Waals surface area contributed by atoms with Crippen molar-refractivity contribution in [3.05, 3.63) is 29.3 Å². The minimum absolute atomic E-state index is 0.164. The monoisotopic (exact) mass is 314 g/mol. The molecule has 0 radical (unpaired) electrons. The van der Waals surface area contributed by atoms with Crippen molar-refractivity contribution in [2.75, 3.05) is 12.3 Å². The Morgan fingerprint density at radius 1 is 1.35 bits per heavy atom. The number of hydrogen-bond acceptors (Lipinski definition) is 3. The van der Waals surface area contributed by atoms with E-state index in [-0.39, 0.29) is 17.6 Å². The van der Waals surface area contributed by atoms with Gasteiger partial charge < -0.3 is 10.6 Å². The summed E-state index contributed by atoms with van der Waals surface area (Å²) in [5.41, 5.74) is 0. The third-order valence-corrected chi connectivity index (χ3v) is 4.03. The molecule has 0 saturated heterocycles. The van der Waals surface area contributed by atoms with Crippen LogP contribution in [-0.2, 0) is 9.59 Å². The molecule has 2 amide bonds. The summed E-state index contributed by atoms with van der Waals surface area (Å²) in [6, 6.07) is 6.82. The van der Waals surface area contributed by atoms with E-state index in [9.17, 15) is 9.59 Å². The lowest BCUT2D eigenvalue weighted by Gasteiger charge is -2.13. The van der Waals surface area contributed by atoms with Gasteiger partial charge in [-0.1, -0.05) is 30.7 Å². The van der Waals surface area contributed by atoms with Crippen LogP contribution in [0.5, 0.6) is 0 Å².